The molecule has 3 atom stereocenters. The van der Waals surface area contributed by atoms with Crippen molar-refractivity contribution < 1.29 is 9.52 Å². The summed E-state index contributed by atoms with van der Waals surface area (Å²) in [5.74, 6) is 3.35. The lowest BCUT2D eigenvalue weighted by molar-refractivity contribution is 0.240. The van der Waals surface area contributed by atoms with E-state index in [1.165, 1.54) is 6.42 Å². The van der Waals surface area contributed by atoms with Crippen LogP contribution < -0.4 is 5.32 Å². The minimum absolute atomic E-state index is 0.0366. The van der Waals surface area contributed by atoms with Gasteiger partial charge in [-0.05, 0) is 42.2 Å². The standard InChI is InChI=1S/C17H20ClNO2/c1-11-8-15(11)17-7-6-14(21-17)9-19-16(10-20)12-2-4-13(18)5-3-12/h2-7,11,15-16,19-20H,8-10H2,1H3. The Bertz CT molecular complexity index is 593. The lowest BCUT2D eigenvalue weighted by Crippen LogP contribution is -2.23. The van der Waals surface area contributed by atoms with E-state index in [0.717, 1.165) is 23.0 Å². The van der Waals surface area contributed by atoms with Crippen molar-refractivity contribution in [2.75, 3.05) is 6.61 Å². The van der Waals surface area contributed by atoms with Gasteiger partial charge in [0.1, 0.15) is 11.5 Å². The highest BCUT2D eigenvalue weighted by Crippen LogP contribution is 2.47. The van der Waals surface area contributed by atoms with Crippen molar-refractivity contribution in [2.45, 2.75) is 31.8 Å². The largest absolute Gasteiger partial charge is 0.464 e. The van der Waals surface area contributed by atoms with Crippen molar-refractivity contribution in [3.63, 3.8) is 0 Å². The van der Waals surface area contributed by atoms with Crippen molar-refractivity contribution in [1.82, 2.24) is 5.32 Å². The van der Waals surface area contributed by atoms with Gasteiger partial charge in [-0.15, -0.1) is 0 Å². The fourth-order valence-corrected chi connectivity index (χ4v) is 2.74. The molecule has 0 aliphatic heterocycles. The highest BCUT2D eigenvalue weighted by molar-refractivity contribution is 6.30. The van der Waals surface area contributed by atoms with Crippen LogP contribution in [-0.2, 0) is 6.54 Å². The van der Waals surface area contributed by atoms with Crippen LogP contribution >= 0.6 is 11.6 Å². The maximum Gasteiger partial charge on any atom is 0.117 e. The molecule has 1 saturated carbocycles. The van der Waals surface area contributed by atoms with Gasteiger partial charge in [-0.2, -0.15) is 0 Å². The van der Waals surface area contributed by atoms with Gasteiger partial charge in [0.15, 0.2) is 0 Å². The highest BCUT2D eigenvalue weighted by Gasteiger charge is 2.36. The summed E-state index contributed by atoms with van der Waals surface area (Å²) in [6.45, 7) is 2.89. The summed E-state index contributed by atoms with van der Waals surface area (Å²) in [7, 11) is 0. The van der Waals surface area contributed by atoms with E-state index in [9.17, 15) is 5.11 Å². The second kappa shape index (κ2) is 6.22. The van der Waals surface area contributed by atoms with Crippen LogP contribution in [0.15, 0.2) is 40.8 Å². The monoisotopic (exact) mass is 305 g/mol. The predicted octanol–water partition coefficient (Wildman–Crippen LogP) is 3.88. The summed E-state index contributed by atoms with van der Waals surface area (Å²) in [4.78, 5) is 0. The first-order chi connectivity index (χ1) is 10.2. The Balaban J connectivity index is 1.59. The Hall–Kier alpha value is -1.29. The Kier molecular flexibility index (Phi) is 4.34. The summed E-state index contributed by atoms with van der Waals surface area (Å²) < 4.78 is 5.86. The fourth-order valence-electron chi connectivity index (χ4n) is 2.61. The second-order valence-corrected chi connectivity index (χ2v) is 6.23. The Labute approximate surface area is 129 Å². The molecular weight excluding hydrogens is 286 g/mol. The minimum atomic E-state index is -0.115. The van der Waals surface area contributed by atoms with Crippen molar-refractivity contribution >= 4 is 11.6 Å². The SMILES string of the molecule is CC1CC1c1ccc(CNC(CO)c2ccc(Cl)cc2)o1. The third-order valence-corrected chi connectivity index (χ3v) is 4.39. The molecule has 1 heterocycles. The molecule has 3 nitrogen and oxygen atoms in total. The van der Waals surface area contributed by atoms with Gasteiger partial charge in [0.05, 0.1) is 19.2 Å². The van der Waals surface area contributed by atoms with E-state index < -0.39 is 0 Å². The Morgan fingerprint density at radius 2 is 2.00 bits per heavy atom. The molecule has 3 unspecified atom stereocenters. The van der Waals surface area contributed by atoms with Crippen LogP contribution in [0.25, 0.3) is 0 Å². The molecule has 0 spiro atoms. The zero-order chi connectivity index (χ0) is 14.8. The van der Waals surface area contributed by atoms with Crippen LogP contribution in [0.1, 0.15) is 42.4 Å². The molecule has 0 amide bonds. The molecule has 0 radical (unpaired) electrons. The van der Waals surface area contributed by atoms with Gasteiger partial charge in [-0.3, -0.25) is 0 Å². The van der Waals surface area contributed by atoms with Gasteiger partial charge in [0.25, 0.3) is 0 Å². The summed E-state index contributed by atoms with van der Waals surface area (Å²) in [6.07, 6.45) is 1.23. The number of rotatable bonds is 6. The molecule has 1 aromatic heterocycles. The fraction of sp³-hybridized carbons (Fsp3) is 0.412. The van der Waals surface area contributed by atoms with E-state index in [0.29, 0.717) is 17.5 Å². The first-order valence-electron chi connectivity index (χ1n) is 7.35. The number of aliphatic hydroxyl groups is 1. The maximum atomic E-state index is 9.54. The summed E-state index contributed by atoms with van der Waals surface area (Å²) in [5.41, 5.74) is 1.02. The number of hydrogen-bond acceptors (Lipinski definition) is 3. The predicted molar refractivity (Wildman–Crippen MR) is 83.3 cm³/mol. The smallest absolute Gasteiger partial charge is 0.117 e. The van der Waals surface area contributed by atoms with Gasteiger partial charge < -0.3 is 14.8 Å². The van der Waals surface area contributed by atoms with E-state index in [1.807, 2.05) is 30.3 Å². The van der Waals surface area contributed by atoms with Gasteiger partial charge in [-0.1, -0.05) is 30.7 Å². The minimum Gasteiger partial charge on any atom is -0.464 e. The zero-order valence-corrected chi connectivity index (χ0v) is 12.8. The van der Waals surface area contributed by atoms with Gasteiger partial charge in [0, 0.05) is 10.9 Å². The molecule has 1 aromatic carbocycles. The molecule has 1 fully saturated rings. The van der Waals surface area contributed by atoms with Crippen LogP contribution in [0.2, 0.25) is 5.02 Å². The molecule has 1 aliphatic carbocycles. The van der Waals surface area contributed by atoms with Crippen LogP contribution in [0.3, 0.4) is 0 Å². The average molecular weight is 306 g/mol. The summed E-state index contributed by atoms with van der Waals surface area (Å²) >= 11 is 5.88. The number of hydrogen-bond donors (Lipinski definition) is 2. The van der Waals surface area contributed by atoms with Gasteiger partial charge in [-0.25, -0.2) is 0 Å². The van der Waals surface area contributed by atoms with Crippen LogP contribution in [0.5, 0.6) is 0 Å². The first-order valence-corrected chi connectivity index (χ1v) is 7.73. The topological polar surface area (TPSA) is 45.4 Å². The molecule has 4 heteroatoms. The molecule has 3 rings (SSSR count). The van der Waals surface area contributed by atoms with Crippen LogP contribution in [0.4, 0.5) is 0 Å². The van der Waals surface area contributed by atoms with Crippen molar-refractivity contribution in [3.05, 3.63) is 58.5 Å². The molecule has 2 aromatic rings. The van der Waals surface area contributed by atoms with E-state index in [4.69, 9.17) is 16.0 Å². The van der Waals surface area contributed by atoms with Crippen molar-refractivity contribution in [1.29, 1.82) is 0 Å². The summed E-state index contributed by atoms with van der Waals surface area (Å²) in [6, 6.07) is 11.5. The molecular formula is C17H20ClNO2. The zero-order valence-electron chi connectivity index (χ0n) is 12.1. The van der Waals surface area contributed by atoms with Crippen LogP contribution in [0, 0.1) is 5.92 Å². The average Bonchev–Trinajstić information content (AvgIpc) is 3.03. The molecule has 2 N–H and O–H groups in total. The summed E-state index contributed by atoms with van der Waals surface area (Å²) in [5, 5.41) is 13.6. The normalized spacial score (nSPS) is 22.2. The third kappa shape index (κ3) is 3.49. The van der Waals surface area contributed by atoms with E-state index in [2.05, 4.69) is 18.3 Å². The third-order valence-electron chi connectivity index (χ3n) is 4.14. The quantitative estimate of drug-likeness (QED) is 0.851. The number of aliphatic hydroxyl groups excluding tert-OH is 1. The van der Waals surface area contributed by atoms with Crippen LogP contribution in [-0.4, -0.2) is 11.7 Å². The second-order valence-electron chi connectivity index (χ2n) is 5.79. The number of halogens is 1. The Morgan fingerprint density at radius 1 is 1.29 bits per heavy atom. The maximum absolute atomic E-state index is 9.54. The molecule has 1 aliphatic rings. The Morgan fingerprint density at radius 3 is 2.62 bits per heavy atom. The van der Waals surface area contributed by atoms with E-state index >= 15 is 0 Å². The molecule has 21 heavy (non-hydrogen) atoms. The van der Waals surface area contributed by atoms with Crippen molar-refractivity contribution in [2.24, 2.45) is 5.92 Å². The molecule has 112 valence electrons. The van der Waals surface area contributed by atoms with Crippen molar-refractivity contribution in [3.8, 4) is 0 Å². The highest BCUT2D eigenvalue weighted by atomic mass is 35.5. The molecule has 0 saturated heterocycles. The van der Waals surface area contributed by atoms with E-state index in [1.54, 1.807) is 0 Å². The van der Waals surface area contributed by atoms with E-state index in [-0.39, 0.29) is 12.6 Å². The lowest BCUT2D eigenvalue weighted by Gasteiger charge is -2.16. The number of nitrogens with one attached hydrogen (secondary N) is 1. The van der Waals surface area contributed by atoms with Gasteiger partial charge >= 0.3 is 0 Å². The molecule has 0 bridgehead atoms. The van der Waals surface area contributed by atoms with Gasteiger partial charge in [0.2, 0.25) is 0 Å². The lowest BCUT2D eigenvalue weighted by atomic mass is 10.1. The number of furan rings is 1. The first kappa shape index (κ1) is 14.6. The number of benzene rings is 1.